The van der Waals surface area contributed by atoms with Gasteiger partial charge in [0, 0.05) is 13.0 Å². The molecule has 4 heteroatoms. The summed E-state index contributed by atoms with van der Waals surface area (Å²) in [4.78, 5) is 25.0. The van der Waals surface area contributed by atoms with Gasteiger partial charge in [0.1, 0.15) is 5.54 Å². The summed E-state index contributed by atoms with van der Waals surface area (Å²) in [5.74, 6) is -0.504. The van der Waals surface area contributed by atoms with Crippen molar-refractivity contribution >= 4 is 11.9 Å². The Balaban J connectivity index is 2.72. The molecular weight excluding hydrogens is 218 g/mol. The second kappa shape index (κ2) is 5.52. The van der Waals surface area contributed by atoms with Crippen molar-refractivity contribution in [1.82, 2.24) is 4.90 Å². The van der Waals surface area contributed by atoms with Gasteiger partial charge in [0.05, 0.1) is 0 Å². The maximum Gasteiger partial charge on any atom is 0.329 e. The number of carbonyl (C=O) groups excluding carboxylic acids is 1. The quantitative estimate of drug-likeness (QED) is 0.803. The van der Waals surface area contributed by atoms with Crippen molar-refractivity contribution in [3.8, 4) is 0 Å². The smallest absolute Gasteiger partial charge is 0.329 e. The maximum absolute atomic E-state index is 12.2. The highest BCUT2D eigenvalue weighted by Gasteiger charge is 2.45. The number of nitrogens with zero attached hydrogens (tertiary/aromatic N) is 1. The molecule has 1 heterocycles. The summed E-state index contributed by atoms with van der Waals surface area (Å²) in [6.07, 6.45) is 3.78. The molecule has 0 aromatic rings. The van der Waals surface area contributed by atoms with Crippen molar-refractivity contribution in [2.45, 2.75) is 58.4 Å². The van der Waals surface area contributed by atoms with Crippen molar-refractivity contribution in [3.63, 3.8) is 0 Å². The monoisotopic (exact) mass is 241 g/mol. The van der Waals surface area contributed by atoms with Crippen LogP contribution in [0.3, 0.4) is 0 Å². The van der Waals surface area contributed by atoms with Crippen molar-refractivity contribution in [2.75, 3.05) is 6.54 Å². The van der Waals surface area contributed by atoms with Crippen LogP contribution in [0, 0.1) is 5.92 Å². The molecule has 1 atom stereocenters. The molecule has 17 heavy (non-hydrogen) atoms. The Kier molecular flexibility index (Phi) is 4.54. The minimum atomic E-state index is -0.983. The molecule has 0 saturated carbocycles. The van der Waals surface area contributed by atoms with E-state index >= 15 is 0 Å². The summed E-state index contributed by atoms with van der Waals surface area (Å²) >= 11 is 0. The first kappa shape index (κ1) is 14.0. The van der Waals surface area contributed by atoms with Gasteiger partial charge in [-0.05, 0) is 25.7 Å². The number of carboxylic acid groups (broad SMARTS) is 1. The van der Waals surface area contributed by atoms with E-state index < -0.39 is 11.5 Å². The zero-order chi connectivity index (χ0) is 13.1. The van der Waals surface area contributed by atoms with Gasteiger partial charge in [-0.3, -0.25) is 4.79 Å². The SMILES string of the molecule is CCC(CC)CC(=O)N1CCCC1(C)C(=O)O. The lowest BCUT2D eigenvalue weighted by molar-refractivity contribution is -0.155. The molecule has 4 nitrogen and oxygen atoms in total. The average molecular weight is 241 g/mol. The van der Waals surface area contributed by atoms with Gasteiger partial charge in [0.25, 0.3) is 0 Å². The van der Waals surface area contributed by atoms with Gasteiger partial charge in [-0.25, -0.2) is 4.79 Å². The highest BCUT2D eigenvalue weighted by molar-refractivity contribution is 5.87. The minimum absolute atomic E-state index is 0.00102. The Morgan fingerprint density at radius 2 is 1.94 bits per heavy atom. The van der Waals surface area contributed by atoms with Crippen LogP contribution in [0.5, 0.6) is 0 Å². The molecule has 0 aromatic carbocycles. The lowest BCUT2D eigenvalue weighted by Gasteiger charge is -2.32. The molecule has 1 amide bonds. The summed E-state index contributed by atoms with van der Waals surface area (Å²) in [5, 5.41) is 9.25. The van der Waals surface area contributed by atoms with Crippen LogP contribution in [0.2, 0.25) is 0 Å². The van der Waals surface area contributed by atoms with Crippen molar-refractivity contribution in [2.24, 2.45) is 5.92 Å². The molecule has 1 fully saturated rings. The van der Waals surface area contributed by atoms with E-state index in [9.17, 15) is 14.7 Å². The van der Waals surface area contributed by atoms with Crippen molar-refractivity contribution < 1.29 is 14.7 Å². The first-order valence-electron chi connectivity index (χ1n) is 6.49. The number of hydrogen-bond acceptors (Lipinski definition) is 2. The predicted octanol–water partition coefficient (Wildman–Crippen LogP) is 2.28. The molecule has 1 rings (SSSR count). The van der Waals surface area contributed by atoms with Gasteiger partial charge < -0.3 is 10.0 Å². The van der Waals surface area contributed by atoms with Crippen LogP contribution in [0.1, 0.15) is 52.9 Å². The lowest BCUT2D eigenvalue weighted by atomic mass is 9.95. The van der Waals surface area contributed by atoms with E-state index in [1.54, 1.807) is 11.8 Å². The fraction of sp³-hybridized carbons (Fsp3) is 0.846. The first-order valence-corrected chi connectivity index (χ1v) is 6.49. The molecule has 0 spiro atoms. The molecule has 0 aromatic heterocycles. The Morgan fingerprint density at radius 1 is 1.35 bits per heavy atom. The Bertz CT molecular complexity index is 299. The first-order chi connectivity index (χ1) is 7.95. The fourth-order valence-corrected chi connectivity index (χ4v) is 2.52. The molecule has 98 valence electrons. The van der Waals surface area contributed by atoms with E-state index in [-0.39, 0.29) is 5.91 Å². The summed E-state index contributed by atoms with van der Waals surface area (Å²) in [6, 6.07) is 0. The Labute approximate surface area is 103 Å². The second-order valence-electron chi connectivity index (χ2n) is 5.11. The third-order valence-electron chi connectivity index (χ3n) is 4.02. The molecular formula is C13H23NO3. The van der Waals surface area contributed by atoms with Gasteiger partial charge >= 0.3 is 5.97 Å². The largest absolute Gasteiger partial charge is 0.480 e. The summed E-state index contributed by atoms with van der Waals surface area (Å²) in [6.45, 7) is 6.39. The molecule has 0 bridgehead atoms. The Hall–Kier alpha value is -1.06. The second-order valence-corrected chi connectivity index (χ2v) is 5.11. The van der Waals surface area contributed by atoms with Crippen molar-refractivity contribution in [3.05, 3.63) is 0 Å². The predicted molar refractivity (Wildman–Crippen MR) is 65.7 cm³/mol. The van der Waals surface area contributed by atoms with E-state index in [1.165, 1.54) is 0 Å². The van der Waals surface area contributed by atoms with Gasteiger partial charge in [-0.2, -0.15) is 0 Å². The topological polar surface area (TPSA) is 57.6 Å². The van der Waals surface area contributed by atoms with E-state index in [0.717, 1.165) is 19.3 Å². The molecule has 1 aliphatic heterocycles. The standard InChI is InChI=1S/C13H23NO3/c1-4-10(5-2)9-11(15)14-8-6-7-13(14,3)12(16)17/h10H,4-9H2,1-3H3,(H,16,17). The number of rotatable bonds is 5. The normalized spacial score (nSPS) is 24.4. The zero-order valence-corrected chi connectivity index (χ0v) is 11.0. The van der Waals surface area contributed by atoms with Crippen LogP contribution in [0.25, 0.3) is 0 Å². The van der Waals surface area contributed by atoms with Gasteiger partial charge in [-0.15, -0.1) is 0 Å². The summed E-state index contributed by atoms with van der Waals surface area (Å²) in [5.41, 5.74) is -0.983. The summed E-state index contributed by atoms with van der Waals surface area (Å²) < 4.78 is 0. The van der Waals surface area contributed by atoms with Crippen LogP contribution in [-0.4, -0.2) is 34.0 Å². The van der Waals surface area contributed by atoms with Crippen LogP contribution in [0.4, 0.5) is 0 Å². The van der Waals surface area contributed by atoms with Crippen LogP contribution in [0.15, 0.2) is 0 Å². The summed E-state index contributed by atoms with van der Waals surface area (Å²) in [7, 11) is 0. The van der Waals surface area contributed by atoms with Gasteiger partial charge in [-0.1, -0.05) is 26.7 Å². The minimum Gasteiger partial charge on any atom is -0.480 e. The van der Waals surface area contributed by atoms with Crippen LogP contribution >= 0.6 is 0 Å². The number of aliphatic carboxylic acids is 1. The molecule has 0 aliphatic carbocycles. The van der Waals surface area contributed by atoms with E-state index in [4.69, 9.17) is 0 Å². The number of amides is 1. The molecule has 1 aliphatic rings. The molecule has 1 saturated heterocycles. The highest BCUT2D eigenvalue weighted by atomic mass is 16.4. The van der Waals surface area contributed by atoms with Crippen LogP contribution in [-0.2, 0) is 9.59 Å². The Morgan fingerprint density at radius 3 is 2.41 bits per heavy atom. The van der Waals surface area contributed by atoms with Crippen molar-refractivity contribution in [1.29, 1.82) is 0 Å². The lowest BCUT2D eigenvalue weighted by Crippen LogP contribution is -2.51. The maximum atomic E-state index is 12.2. The van der Waals surface area contributed by atoms with Crippen LogP contribution < -0.4 is 0 Å². The number of likely N-dealkylation sites (tertiary alicyclic amines) is 1. The van der Waals surface area contributed by atoms with E-state index in [2.05, 4.69) is 13.8 Å². The molecule has 1 N–H and O–H groups in total. The van der Waals surface area contributed by atoms with E-state index in [0.29, 0.717) is 25.3 Å². The molecule has 0 radical (unpaired) electrons. The highest BCUT2D eigenvalue weighted by Crippen LogP contribution is 2.31. The zero-order valence-electron chi connectivity index (χ0n) is 11.0. The number of carbonyl (C=O) groups is 2. The average Bonchev–Trinajstić information content (AvgIpc) is 2.69. The van der Waals surface area contributed by atoms with Gasteiger partial charge in [0.2, 0.25) is 5.91 Å². The fourth-order valence-electron chi connectivity index (χ4n) is 2.52. The van der Waals surface area contributed by atoms with Gasteiger partial charge in [0.15, 0.2) is 0 Å². The third-order valence-corrected chi connectivity index (χ3v) is 4.02. The number of hydrogen-bond donors (Lipinski definition) is 1. The number of carboxylic acids is 1. The third kappa shape index (κ3) is 2.79. The molecule has 1 unspecified atom stereocenters. The van der Waals surface area contributed by atoms with E-state index in [1.807, 2.05) is 0 Å².